The van der Waals surface area contributed by atoms with E-state index in [1.807, 2.05) is 12.2 Å². The standard InChI is InChI=1S/C15H19NO7/c1-6(17)12-10(19)9(18)11(20)15(22-12)23-14-8-5-3-2-4-7(8)13(21)16-14/h2-3,7-12,15,18-20H,4-5H2,1H3. The molecular weight excluding hydrogens is 306 g/mol. The topological polar surface area (TPSA) is 126 Å². The molecule has 23 heavy (non-hydrogen) atoms. The number of rotatable bonds is 2. The normalized spacial score (nSPS) is 43.0. The van der Waals surface area contributed by atoms with Crippen LogP contribution in [0.15, 0.2) is 17.1 Å². The van der Waals surface area contributed by atoms with E-state index in [9.17, 15) is 24.9 Å². The zero-order chi connectivity index (χ0) is 16.7. The van der Waals surface area contributed by atoms with Crippen molar-refractivity contribution in [3.63, 3.8) is 0 Å². The molecule has 3 N–H and O–H groups in total. The highest BCUT2D eigenvalue weighted by atomic mass is 16.7. The van der Waals surface area contributed by atoms with Crippen LogP contribution in [0.2, 0.25) is 0 Å². The summed E-state index contributed by atoms with van der Waals surface area (Å²) >= 11 is 0. The molecular formula is C15H19NO7. The van der Waals surface area contributed by atoms with Gasteiger partial charge >= 0.3 is 0 Å². The van der Waals surface area contributed by atoms with Gasteiger partial charge in [-0.15, -0.1) is 0 Å². The number of carbonyl (C=O) groups is 2. The number of aliphatic imine (C=N–C) groups is 1. The molecule has 3 aliphatic rings. The molecule has 7 unspecified atom stereocenters. The molecule has 1 fully saturated rings. The Bertz CT molecular complexity index is 572. The number of amides is 1. The fourth-order valence-electron chi connectivity index (χ4n) is 3.15. The van der Waals surface area contributed by atoms with Crippen molar-refractivity contribution in [1.29, 1.82) is 0 Å². The van der Waals surface area contributed by atoms with Gasteiger partial charge in [0.2, 0.25) is 6.29 Å². The second-order valence-electron chi connectivity index (χ2n) is 6.07. The third kappa shape index (κ3) is 2.83. The lowest BCUT2D eigenvalue weighted by molar-refractivity contribution is -0.270. The number of fused-ring (bicyclic) bond motifs is 1. The van der Waals surface area contributed by atoms with Gasteiger partial charge in [0.15, 0.2) is 11.7 Å². The molecule has 8 nitrogen and oxygen atoms in total. The number of ketones is 1. The molecule has 3 rings (SSSR count). The predicted molar refractivity (Wildman–Crippen MR) is 76.2 cm³/mol. The second-order valence-corrected chi connectivity index (χ2v) is 6.07. The highest BCUT2D eigenvalue weighted by Gasteiger charge is 2.49. The Morgan fingerprint density at radius 1 is 1.17 bits per heavy atom. The monoisotopic (exact) mass is 325 g/mol. The van der Waals surface area contributed by atoms with E-state index in [1.54, 1.807) is 0 Å². The van der Waals surface area contributed by atoms with Crippen molar-refractivity contribution in [3.8, 4) is 0 Å². The third-order valence-electron chi connectivity index (χ3n) is 4.49. The Morgan fingerprint density at radius 3 is 2.48 bits per heavy atom. The predicted octanol–water partition coefficient (Wildman–Crippen LogP) is -1.08. The number of carbonyl (C=O) groups excluding carboxylic acids is 2. The maximum Gasteiger partial charge on any atom is 0.252 e. The molecule has 0 bridgehead atoms. The Kier molecular flexibility index (Phi) is 4.33. The first-order valence-electron chi connectivity index (χ1n) is 7.54. The number of hydrogen-bond donors (Lipinski definition) is 3. The van der Waals surface area contributed by atoms with Crippen molar-refractivity contribution in [2.45, 2.75) is 50.5 Å². The number of nitrogens with zero attached hydrogens (tertiary/aromatic N) is 1. The van der Waals surface area contributed by atoms with Crippen LogP contribution >= 0.6 is 0 Å². The van der Waals surface area contributed by atoms with Crippen LogP contribution in [0.1, 0.15) is 19.8 Å². The summed E-state index contributed by atoms with van der Waals surface area (Å²) < 4.78 is 10.8. The van der Waals surface area contributed by atoms with Crippen LogP contribution in [0.25, 0.3) is 0 Å². The molecule has 2 aliphatic heterocycles. The Labute approximate surface area is 132 Å². The van der Waals surface area contributed by atoms with Crippen molar-refractivity contribution in [2.24, 2.45) is 16.8 Å². The molecule has 0 saturated carbocycles. The number of ether oxygens (including phenoxy) is 2. The van der Waals surface area contributed by atoms with Gasteiger partial charge in [-0.1, -0.05) is 12.2 Å². The smallest absolute Gasteiger partial charge is 0.252 e. The summed E-state index contributed by atoms with van der Waals surface area (Å²) in [6.45, 7) is 1.20. The molecule has 2 heterocycles. The summed E-state index contributed by atoms with van der Waals surface area (Å²) in [6.07, 6.45) is -2.39. The quantitative estimate of drug-likeness (QED) is 0.551. The lowest BCUT2D eigenvalue weighted by Crippen LogP contribution is -2.60. The van der Waals surface area contributed by atoms with E-state index in [1.165, 1.54) is 6.92 Å². The molecule has 0 aromatic rings. The van der Waals surface area contributed by atoms with Crippen molar-refractivity contribution < 1.29 is 34.4 Å². The summed E-state index contributed by atoms with van der Waals surface area (Å²) in [5.74, 6) is -1.17. The van der Waals surface area contributed by atoms with Crippen LogP contribution in [0.3, 0.4) is 0 Å². The van der Waals surface area contributed by atoms with Gasteiger partial charge in [0.25, 0.3) is 5.91 Å². The van der Waals surface area contributed by atoms with Crippen molar-refractivity contribution >= 4 is 17.6 Å². The van der Waals surface area contributed by atoms with Crippen molar-refractivity contribution in [2.75, 3.05) is 0 Å². The summed E-state index contributed by atoms with van der Waals surface area (Å²) in [6, 6.07) is 0. The van der Waals surface area contributed by atoms with Gasteiger partial charge < -0.3 is 24.8 Å². The SMILES string of the molecule is CC(=O)C1OC(OC2=NC(=O)C3CC=CCC23)C(O)C(O)C1O. The van der Waals surface area contributed by atoms with E-state index in [-0.39, 0.29) is 23.6 Å². The molecule has 0 aromatic heterocycles. The van der Waals surface area contributed by atoms with Crippen LogP contribution < -0.4 is 0 Å². The minimum atomic E-state index is -1.59. The minimum absolute atomic E-state index is 0.138. The van der Waals surface area contributed by atoms with E-state index in [4.69, 9.17) is 9.47 Å². The van der Waals surface area contributed by atoms with Crippen LogP contribution in [0.5, 0.6) is 0 Å². The van der Waals surface area contributed by atoms with Crippen LogP contribution in [-0.4, -0.2) is 63.6 Å². The van der Waals surface area contributed by atoms with Crippen LogP contribution in [0.4, 0.5) is 0 Å². The van der Waals surface area contributed by atoms with Gasteiger partial charge in [-0.2, -0.15) is 4.99 Å². The van der Waals surface area contributed by atoms with E-state index < -0.39 is 36.5 Å². The molecule has 1 amide bonds. The Hall–Kier alpha value is -1.61. The van der Waals surface area contributed by atoms with Crippen LogP contribution in [-0.2, 0) is 19.1 Å². The number of aliphatic hydroxyl groups excluding tert-OH is 3. The lowest BCUT2D eigenvalue weighted by atomic mass is 9.84. The van der Waals surface area contributed by atoms with Gasteiger partial charge in [0.1, 0.15) is 24.4 Å². The molecule has 0 spiro atoms. The largest absolute Gasteiger partial charge is 0.448 e. The van der Waals surface area contributed by atoms with Gasteiger partial charge in [-0.25, -0.2) is 0 Å². The lowest BCUT2D eigenvalue weighted by Gasteiger charge is -2.39. The zero-order valence-corrected chi connectivity index (χ0v) is 12.5. The van der Waals surface area contributed by atoms with Gasteiger partial charge in [-0.05, 0) is 19.8 Å². The van der Waals surface area contributed by atoms with E-state index in [2.05, 4.69) is 4.99 Å². The number of Topliss-reactive ketones (excluding diaryl/α,β-unsaturated/α-hetero) is 1. The minimum Gasteiger partial charge on any atom is -0.448 e. The summed E-state index contributed by atoms with van der Waals surface area (Å²) in [5, 5.41) is 29.7. The second kappa shape index (κ2) is 6.12. The molecule has 1 aliphatic carbocycles. The Morgan fingerprint density at radius 2 is 1.83 bits per heavy atom. The van der Waals surface area contributed by atoms with Gasteiger partial charge in [0.05, 0.1) is 11.8 Å². The average Bonchev–Trinajstić information content (AvgIpc) is 2.84. The molecule has 8 heteroatoms. The van der Waals surface area contributed by atoms with Crippen LogP contribution in [0, 0.1) is 11.8 Å². The number of allylic oxidation sites excluding steroid dienone is 2. The van der Waals surface area contributed by atoms with Crippen molar-refractivity contribution in [3.05, 3.63) is 12.2 Å². The molecule has 0 radical (unpaired) electrons. The fraction of sp³-hybridized carbons (Fsp3) is 0.667. The first kappa shape index (κ1) is 16.3. The maximum atomic E-state index is 11.9. The van der Waals surface area contributed by atoms with Gasteiger partial charge in [-0.3, -0.25) is 9.59 Å². The van der Waals surface area contributed by atoms with E-state index in [0.29, 0.717) is 12.8 Å². The molecule has 126 valence electrons. The number of hydrogen-bond acceptors (Lipinski definition) is 7. The molecule has 1 saturated heterocycles. The van der Waals surface area contributed by atoms with E-state index >= 15 is 0 Å². The molecule has 7 atom stereocenters. The average molecular weight is 325 g/mol. The zero-order valence-electron chi connectivity index (χ0n) is 12.5. The molecule has 0 aromatic carbocycles. The maximum absolute atomic E-state index is 11.9. The third-order valence-corrected chi connectivity index (χ3v) is 4.49. The van der Waals surface area contributed by atoms with E-state index in [0.717, 1.165) is 0 Å². The first-order valence-corrected chi connectivity index (χ1v) is 7.54. The summed E-state index contributed by atoms with van der Waals surface area (Å²) in [7, 11) is 0. The first-order chi connectivity index (χ1) is 10.9. The fourth-order valence-corrected chi connectivity index (χ4v) is 3.15. The Balaban J connectivity index is 1.76. The van der Waals surface area contributed by atoms with Crippen molar-refractivity contribution in [1.82, 2.24) is 0 Å². The summed E-state index contributed by atoms with van der Waals surface area (Å²) in [5.41, 5.74) is 0. The highest BCUT2D eigenvalue weighted by molar-refractivity contribution is 6.02. The number of aliphatic hydroxyl groups is 3. The highest BCUT2D eigenvalue weighted by Crippen LogP contribution is 2.34. The summed E-state index contributed by atoms with van der Waals surface area (Å²) in [4.78, 5) is 27.3. The van der Waals surface area contributed by atoms with Gasteiger partial charge in [0, 0.05) is 0 Å².